The van der Waals surface area contributed by atoms with Gasteiger partial charge in [0, 0.05) is 51.7 Å². The van der Waals surface area contributed by atoms with E-state index in [1.54, 1.807) is 19.0 Å². The average Bonchev–Trinajstić information content (AvgIpc) is 3.12. The molecule has 0 fully saturated rings. The Balaban J connectivity index is 1.94. The number of hydrogen-bond donors (Lipinski definition) is 2. The van der Waals surface area contributed by atoms with Crippen LogP contribution < -0.4 is 10.6 Å². The molecule has 0 atom stereocenters. The third-order valence-electron chi connectivity index (χ3n) is 4.37. The molecule has 0 radical (unpaired) electrons. The highest BCUT2D eigenvalue weighted by Gasteiger charge is 2.08. The Morgan fingerprint density at radius 1 is 1.28 bits per heavy atom. The minimum Gasteiger partial charge on any atom is -0.357 e. The predicted octanol–water partition coefficient (Wildman–Crippen LogP) is 2.54. The second-order valence-electron chi connectivity index (χ2n) is 7.66. The average molecular weight is 399 g/mol. The van der Waals surface area contributed by atoms with Gasteiger partial charge in [-0.3, -0.25) is 4.79 Å². The Morgan fingerprint density at radius 3 is 2.76 bits per heavy atom. The van der Waals surface area contributed by atoms with E-state index >= 15 is 0 Å². The lowest BCUT2D eigenvalue weighted by molar-refractivity contribution is 0.0827. The van der Waals surface area contributed by atoms with Crippen molar-refractivity contribution in [2.45, 2.75) is 40.3 Å². The quantitative estimate of drug-likeness (QED) is 0.503. The van der Waals surface area contributed by atoms with Gasteiger partial charge >= 0.3 is 0 Å². The maximum atomic E-state index is 12.1. The van der Waals surface area contributed by atoms with Crippen LogP contribution in [0.3, 0.4) is 0 Å². The van der Waals surface area contributed by atoms with Gasteiger partial charge in [0.25, 0.3) is 5.91 Å². The first-order valence-corrected chi connectivity index (χ1v) is 10.2. The van der Waals surface area contributed by atoms with Gasteiger partial charge in [0.2, 0.25) is 0 Å². The van der Waals surface area contributed by atoms with Crippen LogP contribution in [0.1, 0.15) is 42.5 Å². The molecule has 0 saturated carbocycles. The number of rotatable bonds is 9. The molecule has 7 heteroatoms. The molecular formula is C22H34N6O. The lowest BCUT2D eigenvalue weighted by Crippen LogP contribution is -2.38. The third-order valence-corrected chi connectivity index (χ3v) is 4.37. The van der Waals surface area contributed by atoms with Gasteiger partial charge in [0.1, 0.15) is 12.4 Å². The van der Waals surface area contributed by atoms with Crippen LogP contribution in [0.4, 0.5) is 0 Å². The van der Waals surface area contributed by atoms with Crippen molar-refractivity contribution in [2.24, 2.45) is 10.9 Å². The zero-order chi connectivity index (χ0) is 21.2. The van der Waals surface area contributed by atoms with Crippen molar-refractivity contribution < 1.29 is 4.79 Å². The van der Waals surface area contributed by atoms with Gasteiger partial charge < -0.3 is 20.1 Å². The SMILES string of the molecule is CCNC(=NCc1nccn1CC(C)C)NCCc1cccc(C(=O)N(C)C)c1. The van der Waals surface area contributed by atoms with E-state index < -0.39 is 0 Å². The van der Waals surface area contributed by atoms with Gasteiger partial charge in [-0.15, -0.1) is 0 Å². The van der Waals surface area contributed by atoms with Crippen molar-refractivity contribution in [3.8, 4) is 0 Å². The number of aromatic nitrogens is 2. The van der Waals surface area contributed by atoms with Crippen LogP contribution in [0.2, 0.25) is 0 Å². The molecule has 0 aliphatic heterocycles. The summed E-state index contributed by atoms with van der Waals surface area (Å²) in [6.07, 6.45) is 4.64. The van der Waals surface area contributed by atoms with E-state index in [4.69, 9.17) is 0 Å². The molecule has 0 bridgehead atoms. The Hall–Kier alpha value is -2.83. The molecular weight excluding hydrogens is 364 g/mol. The molecule has 1 heterocycles. The van der Waals surface area contributed by atoms with Gasteiger partial charge in [-0.1, -0.05) is 26.0 Å². The fourth-order valence-electron chi connectivity index (χ4n) is 2.99. The van der Waals surface area contributed by atoms with Crippen LogP contribution in [-0.2, 0) is 19.5 Å². The Kier molecular flexibility index (Phi) is 8.70. The summed E-state index contributed by atoms with van der Waals surface area (Å²) in [4.78, 5) is 22.8. The molecule has 2 aromatic rings. The number of amides is 1. The number of aliphatic imine (C=N–C) groups is 1. The smallest absolute Gasteiger partial charge is 0.253 e. The Bertz CT molecular complexity index is 809. The molecule has 0 saturated heterocycles. The molecule has 2 N–H and O–H groups in total. The molecule has 7 nitrogen and oxygen atoms in total. The lowest BCUT2D eigenvalue weighted by atomic mass is 10.1. The van der Waals surface area contributed by atoms with Crippen molar-refractivity contribution in [1.82, 2.24) is 25.1 Å². The molecule has 0 aliphatic rings. The molecule has 0 aliphatic carbocycles. The van der Waals surface area contributed by atoms with E-state index in [1.807, 2.05) is 43.6 Å². The standard InChI is InChI=1S/C22H34N6O/c1-6-23-22(26-15-20-24-12-13-28(20)16-17(2)3)25-11-10-18-8-7-9-19(14-18)21(29)27(4)5/h7-9,12-14,17H,6,10-11,15-16H2,1-5H3,(H2,23,25,26). The fraction of sp³-hybridized carbons (Fsp3) is 0.500. The summed E-state index contributed by atoms with van der Waals surface area (Å²) in [5.74, 6) is 2.32. The molecule has 1 aromatic heterocycles. The first-order valence-electron chi connectivity index (χ1n) is 10.2. The number of carbonyl (C=O) groups is 1. The first-order chi connectivity index (χ1) is 13.9. The van der Waals surface area contributed by atoms with Crippen molar-refractivity contribution >= 4 is 11.9 Å². The van der Waals surface area contributed by atoms with E-state index in [0.717, 1.165) is 43.4 Å². The number of nitrogens with one attached hydrogen (secondary N) is 2. The van der Waals surface area contributed by atoms with Crippen molar-refractivity contribution in [1.29, 1.82) is 0 Å². The third kappa shape index (κ3) is 7.25. The van der Waals surface area contributed by atoms with Crippen LogP contribution in [-0.4, -0.2) is 53.5 Å². The highest BCUT2D eigenvalue weighted by atomic mass is 16.2. The second kappa shape index (κ2) is 11.2. The molecule has 1 amide bonds. The minimum atomic E-state index is 0.0200. The number of hydrogen-bond acceptors (Lipinski definition) is 3. The maximum Gasteiger partial charge on any atom is 0.253 e. The molecule has 2 rings (SSSR count). The predicted molar refractivity (Wildman–Crippen MR) is 118 cm³/mol. The number of benzene rings is 1. The summed E-state index contributed by atoms with van der Waals surface area (Å²) >= 11 is 0. The number of imidazole rings is 1. The van der Waals surface area contributed by atoms with Gasteiger partial charge in [0.05, 0.1) is 0 Å². The molecule has 1 aromatic carbocycles. The van der Waals surface area contributed by atoms with Gasteiger partial charge in [-0.05, 0) is 37.0 Å². The summed E-state index contributed by atoms with van der Waals surface area (Å²) in [6, 6.07) is 7.78. The molecule has 29 heavy (non-hydrogen) atoms. The maximum absolute atomic E-state index is 12.1. The summed E-state index contributed by atoms with van der Waals surface area (Å²) < 4.78 is 2.16. The van der Waals surface area contributed by atoms with Gasteiger partial charge in [0.15, 0.2) is 5.96 Å². The van der Waals surface area contributed by atoms with Crippen LogP contribution in [0.15, 0.2) is 41.7 Å². The highest BCUT2D eigenvalue weighted by molar-refractivity contribution is 5.94. The second-order valence-corrected chi connectivity index (χ2v) is 7.66. The van der Waals surface area contributed by atoms with Crippen LogP contribution in [0.25, 0.3) is 0 Å². The number of guanidine groups is 1. The van der Waals surface area contributed by atoms with E-state index in [1.165, 1.54) is 0 Å². The van der Waals surface area contributed by atoms with E-state index in [0.29, 0.717) is 18.0 Å². The summed E-state index contributed by atoms with van der Waals surface area (Å²) in [6.45, 7) is 9.43. The summed E-state index contributed by atoms with van der Waals surface area (Å²) in [5.41, 5.74) is 1.83. The molecule has 158 valence electrons. The zero-order valence-corrected chi connectivity index (χ0v) is 18.3. The first kappa shape index (κ1) is 22.5. The van der Waals surface area contributed by atoms with Crippen LogP contribution >= 0.6 is 0 Å². The van der Waals surface area contributed by atoms with Crippen LogP contribution in [0, 0.1) is 5.92 Å². The van der Waals surface area contributed by atoms with E-state index in [2.05, 4.69) is 39.0 Å². The Labute approximate surface area is 174 Å². The van der Waals surface area contributed by atoms with Crippen molar-refractivity contribution in [2.75, 3.05) is 27.2 Å². The normalized spacial score (nSPS) is 11.6. The minimum absolute atomic E-state index is 0.0200. The zero-order valence-electron chi connectivity index (χ0n) is 18.3. The van der Waals surface area contributed by atoms with Crippen molar-refractivity contribution in [3.63, 3.8) is 0 Å². The van der Waals surface area contributed by atoms with Gasteiger partial charge in [-0.25, -0.2) is 9.98 Å². The largest absolute Gasteiger partial charge is 0.357 e. The monoisotopic (exact) mass is 398 g/mol. The summed E-state index contributed by atoms with van der Waals surface area (Å²) in [7, 11) is 3.53. The number of nitrogens with zero attached hydrogens (tertiary/aromatic N) is 4. The van der Waals surface area contributed by atoms with Crippen LogP contribution in [0.5, 0.6) is 0 Å². The molecule has 0 spiro atoms. The highest BCUT2D eigenvalue weighted by Crippen LogP contribution is 2.08. The topological polar surface area (TPSA) is 74.5 Å². The van der Waals surface area contributed by atoms with Crippen molar-refractivity contribution in [3.05, 3.63) is 53.6 Å². The Morgan fingerprint density at radius 2 is 2.07 bits per heavy atom. The van der Waals surface area contributed by atoms with E-state index in [-0.39, 0.29) is 5.91 Å². The lowest BCUT2D eigenvalue weighted by Gasteiger charge is -2.13. The summed E-state index contributed by atoms with van der Waals surface area (Å²) in [5, 5.41) is 6.65. The fourth-order valence-corrected chi connectivity index (χ4v) is 2.99. The van der Waals surface area contributed by atoms with E-state index in [9.17, 15) is 4.79 Å². The molecule has 0 unspecified atom stereocenters. The number of carbonyl (C=O) groups excluding carboxylic acids is 1. The van der Waals surface area contributed by atoms with Gasteiger partial charge in [-0.2, -0.15) is 0 Å².